The van der Waals surface area contributed by atoms with Gasteiger partial charge in [0.25, 0.3) is 0 Å². The smallest absolute Gasteiger partial charge is 0.545 e. The first-order valence-corrected chi connectivity index (χ1v) is 19.3. The van der Waals surface area contributed by atoms with E-state index in [9.17, 15) is 29.4 Å². The first kappa shape index (κ1) is 43.9. The second-order valence-electron chi connectivity index (χ2n) is 18.5. The van der Waals surface area contributed by atoms with Crippen molar-refractivity contribution in [1.29, 1.82) is 0 Å². The predicted molar refractivity (Wildman–Crippen MR) is 195 cm³/mol. The molecule has 0 N–H and O–H groups in total. The van der Waals surface area contributed by atoms with E-state index in [0.717, 1.165) is 38.5 Å². The molecule has 7 rings (SSSR count). The minimum absolute atomic E-state index is 0. The maximum Gasteiger partial charge on any atom is 1.00 e. The van der Waals surface area contributed by atoms with Gasteiger partial charge in [0.2, 0.25) is 0 Å². The molecule has 0 heterocycles. The summed E-state index contributed by atoms with van der Waals surface area (Å²) in [4.78, 5) is 50.4. The molecule has 0 aromatic heterocycles. The Hall–Kier alpha value is -2.20. The number of hydrogen-bond donors (Lipinski definition) is 0. The number of hydrogen-bond acceptors (Lipinski definition) is 8. The van der Waals surface area contributed by atoms with Crippen LogP contribution in [0.15, 0.2) is 71.8 Å². The van der Waals surface area contributed by atoms with Gasteiger partial charge in [0.1, 0.15) is 11.7 Å². The first-order chi connectivity index (χ1) is 24.8. The number of esters is 2. The van der Waals surface area contributed by atoms with Crippen LogP contribution in [0, 0.1) is 38.9 Å². The number of benzene rings is 2. The molecule has 55 heavy (non-hydrogen) atoms. The molecule has 0 amide bonds. The summed E-state index contributed by atoms with van der Waals surface area (Å²) in [7, 11) is 0. The van der Waals surface area contributed by atoms with Crippen LogP contribution < -0.4 is 69.3 Å². The van der Waals surface area contributed by atoms with E-state index < -0.39 is 29.5 Å². The van der Waals surface area contributed by atoms with Gasteiger partial charge in [-0.15, -0.1) is 0 Å². The number of carboxylic acid groups (broad SMARTS) is 2. The standard InChI is InChI=1S/C45H54O8.2Na/c1-40(2)33-18-21-45(7)34(43(33,5)20-19-35(40)52-38(50)29-14-10-8-12-27(29)36(46)47)17-16-31-32-26-42(4,24-22-41(32,3)23-25-44(31,45)6)53-39(51)30-15-11-9-13-28(30)37(48)49;;/h8-17,32-33,35H,18-26H2,1-7H3,(H,46,47)(H,48,49);;/q;2*+1/p-2/t32?,33?,35-,41-,42?,43-,44+,45+;;/m0../s1. The van der Waals surface area contributed by atoms with Crippen molar-refractivity contribution in [3.05, 3.63) is 94.1 Å². The first-order valence-electron chi connectivity index (χ1n) is 19.3. The molecule has 0 saturated heterocycles. The monoisotopic (exact) mass is 766 g/mol. The third kappa shape index (κ3) is 6.97. The van der Waals surface area contributed by atoms with Gasteiger partial charge < -0.3 is 29.3 Å². The molecule has 0 radical (unpaired) electrons. The van der Waals surface area contributed by atoms with Gasteiger partial charge in [0.15, 0.2) is 0 Å². The van der Waals surface area contributed by atoms with Crippen molar-refractivity contribution in [3.8, 4) is 0 Å². The van der Waals surface area contributed by atoms with Crippen LogP contribution in [0.1, 0.15) is 148 Å². The van der Waals surface area contributed by atoms with E-state index in [-0.39, 0.29) is 126 Å². The Balaban J connectivity index is 0.00000290. The number of carbonyl (C=O) groups is 4. The van der Waals surface area contributed by atoms with Crippen molar-refractivity contribution in [1.82, 2.24) is 0 Å². The molecule has 3 unspecified atom stereocenters. The van der Waals surface area contributed by atoms with Crippen LogP contribution in [0.25, 0.3) is 0 Å². The summed E-state index contributed by atoms with van der Waals surface area (Å²) >= 11 is 0. The average molecular weight is 767 g/mol. The second kappa shape index (κ2) is 15.2. The molecule has 10 heteroatoms. The van der Waals surface area contributed by atoms with Gasteiger partial charge in [0, 0.05) is 16.5 Å². The molecular formula is C45H52Na2O8. The SMILES string of the molecule is CC1(OC(=O)c2ccccc2C(=O)[O-])CC[C@@]2(C)CC[C@]3(C)C(=CC=C4[C@@]5(C)CC[C@H](OC(=O)c6ccccc6C(=O)[O-])C(C)(C)C5CC[C@]43C)C2C1.[Na+].[Na+]. The summed E-state index contributed by atoms with van der Waals surface area (Å²) in [6, 6.07) is 12.2. The van der Waals surface area contributed by atoms with Gasteiger partial charge >= 0.3 is 71.1 Å². The number of carbonyl (C=O) groups excluding carboxylic acids is 4. The summed E-state index contributed by atoms with van der Waals surface area (Å²) in [5, 5.41) is 23.5. The molecular weight excluding hydrogens is 714 g/mol. The quantitative estimate of drug-likeness (QED) is 0.318. The Morgan fingerprint density at radius 3 is 1.76 bits per heavy atom. The summed E-state index contributed by atoms with van der Waals surface area (Å²) in [6.45, 7) is 16.1. The predicted octanol–water partition coefficient (Wildman–Crippen LogP) is 1.28. The van der Waals surface area contributed by atoms with Crippen LogP contribution in [0.5, 0.6) is 0 Å². The second-order valence-corrected chi connectivity index (χ2v) is 18.5. The van der Waals surface area contributed by atoms with Crippen LogP contribution in [0.4, 0.5) is 0 Å². The van der Waals surface area contributed by atoms with Crippen molar-refractivity contribution in [2.45, 2.75) is 118 Å². The molecule has 4 fully saturated rings. The third-order valence-electron chi connectivity index (χ3n) is 15.4. The van der Waals surface area contributed by atoms with Gasteiger partial charge in [0.05, 0.1) is 23.1 Å². The Labute approximate surface area is 369 Å². The van der Waals surface area contributed by atoms with Crippen LogP contribution in [-0.4, -0.2) is 35.6 Å². The zero-order valence-electron chi connectivity index (χ0n) is 34.1. The number of rotatable bonds is 6. The average Bonchev–Trinajstić information content (AvgIpc) is 3.10. The Morgan fingerprint density at radius 2 is 1.18 bits per heavy atom. The molecule has 5 aliphatic carbocycles. The minimum Gasteiger partial charge on any atom is -0.545 e. The van der Waals surface area contributed by atoms with Gasteiger partial charge in [-0.1, -0.05) is 101 Å². The number of fused-ring (bicyclic) bond motifs is 7. The van der Waals surface area contributed by atoms with Crippen molar-refractivity contribution in [2.75, 3.05) is 0 Å². The van der Waals surface area contributed by atoms with Gasteiger partial charge in [-0.25, -0.2) is 9.59 Å². The molecule has 0 spiro atoms. The van der Waals surface area contributed by atoms with Crippen molar-refractivity contribution >= 4 is 23.9 Å². The molecule has 2 aromatic rings. The number of allylic oxidation sites excluding steroid dienone is 4. The maximum absolute atomic E-state index is 13.5. The molecule has 5 aliphatic rings. The van der Waals surface area contributed by atoms with E-state index in [1.807, 2.05) is 6.92 Å². The van der Waals surface area contributed by atoms with Gasteiger partial charge in [-0.3, -0.25) is 0 Å². The fourth-order valence-corrected chi connectivity index (χ4v) is 12.1. The van der Waals surface area contributed by atoms with E-state index in [1.54, 1.807) is 24.3 Å². The number of carboxylic acids is 2. The number of ether oxygens (including phenoxy) is 2. The fourth-order valence-electron chi connectivity index (χ4n) is 12.1. The molecule has 0 aliphatic heterocycles. The van der Waals surface area contributed by atoms with Crippen molar-refractivity contribution in [3.63, 3.8) is 0 Å². The van der Waals surface area contributed by atoms with E-state index >= 15 is 0 Å². The maximum atomic E-state index is 13.5. The van der Waals surface area contributed by atoms with E-state index in [2.05, 4.69) is 53.7 Å². The van der Waals surface area contributed by atoms with Crippen molar-refractivity contribution in [2.24, 2.45) is 38.9 Å². The zero-order valence-corrected chi connectivity index (χ0v) is 38.1. The van der Waals surface area contributed by atoms with E-state index in [0.29, 0.717) is 19.3 Å². The van der Waals surface area contributed by atoms with Crippen LogP contribution >= 0.6 is 0 Å². The normalized spacial score (nSPS) is 35.6. The molecule has 8 nitrogen and oxygen atoms in total. The topological polar surface area (TPSA) is 133 Å². The Morgan fingerprint density at radius 1 is 0.636 bits per heavy atom. The Bertz CT molecular complexity index is 1970. The summed E-state index contributed by atoms with van der Waals surface area (Å²) in [6.07, 6.45) is 12.3. The van der Waals surface area contributed by atoms with E-state index in [1.165, 1.54) is 35.4 Å². The molecule has 2 aromatic carbocycles. The van der Waals surface area contributed by atoms with Crippen LogP contribution in [0.3, 0.4) is 0 Å². The minimum atomic E-state index is -1.40. The van der Waals surface area contributed by atoms with Gasteiger partial charge in [-0.2, -0.15) is 0 Å². The zero-order chi connectivity index (χ0) is 38.4. The summed E-state index contributed by atoms with van der Waals surface area (Å²) in [5.74, 6) is -3.61. The summed E-state index contributed by atoms with van der Waals surface area (Å²) < 4.78 is 12.4. The van der Waals surface area contributed by atoms with E-state index in [4.69, 9.17) is 9.47 Å². The third-order valence-corrected chi connectivity index (χ3v) is 15.4. The van der Waals surface area contributed by atoms with Gasteiger partial charge in [-0.05, 0) is 110 Å². The molecule has 0 bridgehead atoms. The summed E-state index contributed by atoms with van der Waals surface area (Å²) in [5.41, 5.74) is 1.24. The fraction of sp³-hybridized carbons (Fsp3) is 0.556. The molecule has 282 valence electrons. The van der Waals surface area contributed by atoms with Crippen molar-refractivity contribution < 1.29 is 98.0 Å². The number of aromatic carboxylic acids is 2. The van der Waals surface area contributed by atoms with Crippen LogP contribution in [0.2, 0.25) is 0 Å². The Kier molecular flexibility index (Phi) is 12.1. The molecule has 8 atom stereocenters. The largest absolute Gasteiger partial charge is 1.00 e. The molecule has 4 saturated carbocycles. The van der Waals surface area contributed by atoms with Crippen LogP contribution in [-0.2, 0) is 9.47 Å².